The largest absolute Gasteiger partial charge is 0.465 e. The summed E-state index contributed by atoms with van der Waals surface area (Å²) in [6.45, 7) is 1.09. The minimum atomic E-state index is -5.13. The number of halogens is 9. The summed E-state index contributed by atoms with van der Waals surface area (Å²) in [5.41, 5.74) is -5.59. The molecule has 1 aliphatic heterocycles. The number of hydrogen-bond donors (Lipinski definition) is 1. The fourth-order valence-electron chi connectivity index (χ4n) is 4.63. The van der Waals surface area contributed by atoms with Crippen molar-refractivity contribution < 1.29 is 54.2 Å². The van der Waals surface area contributed by atoms with Crippen LogP contribution >= 0.6 is 0 Å². The van der Waals surface area contributed by atoms with E-state index in [-0.39, 0.29) is 36.7 Å². The number of fused-ring (bicyclic) bond motifs is 1. The van der Waals surface area contributed by atoms with Gasteiger partial charge in [-0.3, -0.25) is 9.69 Å². The van der Waals surface area contributed by atoms with Crippen molar-refractivity contribution in [2.45, 2.75) is 57.8 Å². The van der Waals surface area contributed by atoms with Crippen molar-refractivity contribution in [3.63, 3.8) is 0 Å². The van der Waals surface area contributed by atoms with Crippen LogP contribution in [-0.2, 0) is 29.9 Å². The van der Waals surface area contributed by atoms with Crippen LogP contribution in [0.2, 0.25) is 0 Å². The second kappa shape index (κ2) is 10.0. The quantitative estimate of drug-likeness (QED) is 0.401. The molecule has 0 saturated carbocycles. The first-order valence-corrected chi connectivity index (χ1v) is 11.1. The summed E-state index contributed by atoms with van der Waals surface area (Å²) in [6.07, 6.45) is -16.6. The van der Waals surface area contributed by atoms with Gasteiger partial charge in [-0.05, 0) is 60.7 Å². The van der Waals surface area contributed by atoms with Crippen molar-refractivity contribution in [2.75, 3.05) is 11.4 Å². The third-order valence-corrected chi connectivity index (χ3v) is 6.27. The number of hydrogen-bond acceptors (Lipinski definition) is 2. The SMILES string of the molecule is CC(=O)N(Cc1cc(C(F)(F)F)cc(C(F)(F)F)c1)C1CCCN(C(=O)O)c2c1ccc(C(F)(F)F)c2C. The van der Waals surface area contributed by atoms with E-state index in [9.17, 15) is 54.2 Å². The first-order valence-electron chi connectivity index (χ1n) is 11.1. The van der Waals surface area contributed by atoms with Crippen LogP contribution in [0.4, 0.5) is 50.0 Å². The lowest BCUT2D eigenvalue weighted by molar-refractivity contribution is -0.143. The van der Waals surface area contributed by atoms with E-state index in [1.54, 1.807) is 0 Å². The van der Waals surface area contributed by atoms with Gasteiger partial charge in [-0.2, -0.15) is 39.5 Å². The Hall–Kier alpha value is -3.45. The molecule has 0 aromatic heterocycles. The average molecular weight is 556 g/mol. The third-order valence-electron chi connectivity index (χ3n) is 6.27. The molecule has 0 aliphatic carbocycles. The van der Waals surface area contributed by atoms with E-state index in [0.717, 1.165) is 24.8 Å². The molecule has 2 aromatic rings. The van der Waals surface area contributed by atoms with Gasteiger partial charge < -0.3 is 10.0 Å². The van der Waals surface area contributed by atoms with E-state index >= 15 is 0 Å². The Kier molecular flexibility index (Phi) is 7.68. The van der Waals surface area contributed by atoms with Gasteiger partial charge in [0.25, 0.3) is 0 Å². The molecule has 0 spiro atoms. The van der Waals surface area contributed by atoms with Crippen molar-refractivity contribution >= 4 is 17.7 Å². The highest BCUT2D eigenvalue weighted by molar-refractivity contribution is 5.89. The maximum atomic E-state index is 13.6. The Morgan fingerprint density at radius 1 is 0.947 bits per heavy atom. The summed E-state index contributed by atoms with van der Waals surface area (Å²) in [5, 5.41) is 9.66. The lowest BCUT2D eigenvalue weighted by Crippen LogP contribution is -2.34. The first kappa shape index (κ1) is 29.1. The highest BCUT2D eigenvalue weighted by Crippen LogP contribution is 2.44. The van der Waals surface area contributed by atoms with Crippen LogP contribution in [0.1, 0.15) is 59.2 Å². The summed E-state index contributed by atoms with van der Waals surface area (Å²) in [7, 11) is 0. The molecule has 0 radical (unpaired) electrons. The zero-order chi connectivity index (χ0) is 28.8. The number of rotatable bonds is 3. The molecule has 208 valence electrons. The average Bonchev–Trinajstić information content (AvgIpc) is 2.95. The molecule has 1 atom stereocenters. The highest BCUT2D eigenvalue weighted by atomic mass is 19.4. The van der Waals surface area contributed by atoms with Crippen LogP contribution < -0.4 is 4.90 Å². The Labute approximate surface area is 210 Å². The normalized spacial score (nSPS) is 16.6. The fraction of sp³-hybridized carbons (Fsp3) is 0.417. The number of anilines is 1. The summed E-state index contributed by atoms with van der Waals surface area (Å²) in [4.78, 5) is 26.2. The topological polar surface area (TPSA) is 60.9 Å². The summed E-state index contributed by atoms with van der Waals surface area (Å²) in [5.74, 6) is -0.784. The van der Waals surface area contributed by atoms with E-state index in [1.165, 1.54) is 0 Å². The standard InChI is InChI=1S/C24H21F9N2O3/c1-12-18(24(31,32)33)6-5-17-19(4-3-7-34(20(12)17)21(37)38)35(13(2)36)11-14-8-15(22(25,26)27)10-16(9-14)23(28,29)30/h5-6,8-10,19H,3-4,7,11H2,1-2H3,(H,37,38). The number of amides is 2. The maximum Gasteiger partial charge on any atom is 0.416 e. The molecule has 38 heavy (non-hydrogen) atoms. The highest BCUT2D eigenvalue weighted by Gasteiger charge is 2.40. The van der Waals surface area contributed by atoms with Gasteiger partial charge in [0.2, 0.25) is 5.91 Å². The van der Waals surface area contributed by atoms with Crippen LogP contribution in [0.3, 0.4) is 0 Å². The van der Waals surface area contributed by atoms with E-state index in [2.05, 4.69) is 0 Å². The van der Waals surface area contributed by atoms with Crippen molar-refractivity contribution in [2.24, 2.45) is 0 Å². The summed E-state index contributed by atoms with van der Waals surface area (Å²) in [6, 6.07) is 1.43. The Balaban J connectivity index is 2.18. The van der Waals surface area contributed by atoms with E-state index in [1.807, 2.05) is 0 Å². The second-order valence-corrected chi connectivity index (χ2v) is 8.83. The minimum absolute atomic E-state index is 0.00768. The molecule has 1 aliphatic rings. The van der Waals surface area contributed by atoms with Gasteiger partial charge in [0, 0.05) is 20.0 Å². The first-order chi connectivity index (χ1) is 17.3. The minimum Gasteiger partial charge on any atom is -0.465 e. The summed E-state index contributed by atoms with van der Waals surface area (Å²) < 4.78 is 121. The Morgan fingerprint density at radius 2 is 1.50 bits per heavy atom. The number of carboxylic acid groups (broad SMARTS) is 1. The molecular weight excluding hydrogens is 535 g/mol. The van der Waals surface area contributed by atoms with Gasteiger partial charge in [0.05, 0.1) is 28.4 Å². The number of carbonyl (C=O) groups is 2. The van der Waals surface area contributed by atoms with Gasteiger partial charge in [-0.25, -0.2) is 4.79 Å². The van der Waals surface area contributed by atoms with Crippen LogP contribution in [0.25, 0.3) is 0 Å². The molecular formula is C24H21F9N2O3. The van der Waals surface area contributed by atoms with Crippen LogP contribution in [0, 0.1) is 6.92 Å². The number of carbonyl (C=O) groups excluding carboxylic acids is 1. The molecule has 5 nitrogen and oxygen atoms in total. The molecule has 1 heterocycles. The molecule has 1 N–H and O–H groups in total. The van der Waals surface area contributed by atoms with E-state index < -0.39 is 70.9 Å². The molecule has 2 amide bonds. The zero-order valence-corrected chi connectivity index (χ0v) is 19.9. The molecule has 0 saturated heterocycles. The van der Waals surface area contributed by atoms with Crippen molar-refractivity contribution in [1.29, 1.82) is 0 Å². The van der Waals surface area contributed by atoms with Crippen molar-refractivity contribution in [3.8, 4) is 0 Å². The number of alkyl halides is 9. The number of benzene rings is 2. The predicted molar refractivity (Wildman–Crippen MR) is 116 cm³/mol. The van der Waals surface area contributed by atoms with E-state index in [4.69, 9.17) is 0 Å². The number of nitrogens with zero attached hydrogens (tertiary/aromatic N) is 2. The third kappa shape index (κ3) is 5.99. The van der Waals surface area contributed by atoms with Gasteiger partial charge in [0.15, 0.2) is 0 Å². The van der Waals surface area contributed by atoms with Crippen LogP contribution in [-0.4, -0.2) is 28.6 Å². The summed E-state index contributed by atoms with van der Waals surface area (Å²) >= 11 is 0. The van der Waals surface area contributed by atoms with Crippen molar-refractivity contribution in [3.05, 3.63) is 63.7 Å². The zero-order valence-electron chi connectivity index (χ0n) is 19.9. The van der Waals surface area contributed by atoms with Gasteiger partial charge in [-0.1, -0.05) is 6.07 Å². The Bertz CT molecular complexity index is 1200. The fourth-order valence-corrected chi connectivity index (χ4v) is 4.63. The molecule has 14 heteroatoms. The van der Waals surface area contributed by atoms with Gasteiger partial charge in [-0.15, -0.1) is 0 Å². The van der Waals surface area contributed by atoms with E-state index in [0.29, 0.717) is 23.1 Å². The molecule has 1 unspecified atom stereocenters. The molecule has 0 fully saturated rings. The smallest absolute Gasteiger partial charge is 0.416 e. The predicted octanol–water partition coefficient (Wildman–Crippen LogP) is 7.42. The molecule has 3 rings (SSSR count). The molecule has 0 bridgehead atoms. The lowest BCUT2D eigenvalue weighted by atomic mass is 9.93. The second-order valence-electron chi connectivity index (χ2n) is 8.83. The van der Waals surface area contributed by atoms with Gasteiger partial charge in [0.1, 0.15) is 0 Å². The lowest BCUT2D eigenvalue weighted by Gasteiger charge is -2.33. The molecule has 2 aromatic carbocycles. The Morgan fingerprint density at radius 3 is 1.95 bits per heavy atom. The van der Waals surface area contributed by atoms with Crippen molar-refractivity contribution in [1.82, 2.24) is 4.90 Å². The maximum absolute atomic E-state index is 13.6. The van der Waals surface area contributed by atoms with Crippen LogP contribution in [0.15, 0.2) is 30.3 Å². The van der Waals surface area contributed by atoms with Gasteiger partial charge >= 0.3 is 24.6 Å². The monoisotopic (exact) mass is 556 g/mol. The van der Waals surface area contributed by atoms with Crippen LogP contribution in [0.5, 0.6) is 0 Å².